The fraction of sp³-hybridized carbons (Fsp3) is 0.786. The van der Waals surface area contributed by atoms with E-state index >= 15 is 0 Å². The fourth-order valence-electron chi connectivity index (χ4n) is 2.92. The molecule has 2 heterocycles. The van der Waals surface area contributed by atoms with Gasteiger partial charge in [-0.2, -0.15) is 0 Å². The number of hydrogen-bond acceptors (Lipinski definition) is 3. The first-order valence-electron chi connectivity index (χ1n) is 7.20. The van der Waals surface area contributed by atoms with Crippen LogP contribution in [0.25, 0.3) is 0 Å². The summed E-state index contributed by atoms with van der Waals surface area (Å²) in [6.07, 6.45) is 9.73. The molecule has 18 heavy (non-hydrogen) atoms. The second kappa shape index (κ2) is 6.90. The lowest BCUT2D eigenvalue weighted by Gasteiger charge is -2.35. The highest BCUT2D eigenvalue weighted by atomic mass is 16.3. The number of aliphatic hydroxyl groups excluding tert-OH is 1. The molecule has 0 amide bonds. The predicted octanol–water partition coefficient (Wildman–Crippen LogP) is 1.68. The Kier molecular flexibility index (Phi) is 5.20. The van der Waals surface area contributed by atoms with Gasteiger partial charge in [-0.3, -0.25) is 4.90 Å². The van der Waals surface area contributed by atoms with Gasteiger partial charge in [0.25, 0.3) is 0 Å². The number of imidazole rings is 1. The van der Waals surface area contributed by atoms with Crippen LogP contribution in [-0.2, 0) is 13.0 Å². The summed E-state index contributed by atoms with van der Waals surface area (Å²) in [5, 5.41) is 9.13. The van der Waals surface area contributed by atoms with Crippen LogP contribution in [0.15, 0.2) is 12.4 Å². The Morgan fingerprint density at radius 1 is 1.39 bits per heavy atom. The van der Waals surface area contributed by atoms with Gasteiger partial charge in [0.2, 0.25) is 0 Å². The van der Waals surface area contributed by atoms with E-state index in [-0.39, 0.29) is 0 Å². The van der Waals surface area contributed by atoms with E-state index in [4.69, 9.17) is 5.11 Å². The minimum Gasteiger partial charge on any atom is -0.396 e. The van der Waals surface area contributed by atoms with Gasteiger partial charge >= 0.3 is 0 Å². The van der Waals surface area contributed by atoms with Crippen LogP contribution in [0.4, 0.5) is 0 Å². The van der Waals surface area contributed by atoms with Crippen molar-refractivity contribution in [3.63, 3.8) is 0 Å². The second-order valence-electron chi connectivity index (χ2n) is 5.09. The van der Waals surface area contributed by atoms with Crippen molar-refractivity contribution in [3.8, 4) is 0 Å². The number of piperidine rings is 1. The van der Waals surface area contributed by atoms with Crippen molar-refractivity contribution in [2.45, 2.75) is 51.6 Å². The fourth-order valence-corrected chi connectivity index (χ4v) is 2.92. The molecule has 1 aromatic rings. The molecule has 0 radical (unpaired) electrons. The Bertz CT molecular complexity index is 349. The van der Waals surface area contributed by atoms with Gasteiger partial charge in [-0.15, -0.1) is 0 Å². The molecule has 1 atom stereocenters. The molecule has 0 spiro atoms. The first kappa shape index (κ1) is 13.6. The smallest absolute Gasteiger partial charge is 0.108 e. The highest BCUT2D eigenvalue weighted by Crippen LogP contribution is 2.19. The van der Waals surface area contributed by atoms with Crippen LogP contribution in [0.5, 0.6) is 0 Å². The number of rotatable bonds is 6. The highest BCUT2D eigenvalue weighted by Gasteiger charge is 2.21. The second-order valence-corrected chi connectivity index (χ2v) is 5.09. The molecule has 2 rings (SSSR count). The molecule has 1 aliphatic rings. The summed E-state index contributed by atoms with van der Waals surface area (Å²) in [6.45, 7) is 5.74. The average Bonchev–Trinajstić information content (AvgIpc) is 2.85. The molecule has 1 saturated heterocycles. The predicted molar refractivity (Wildman–Crippen MR) is 72.5 cm³/mol. The van der Waals surface area contributed by atoms with Crippen LogP contribution in [0.1, 0.15) is 38.4 Å². The summed E-state index contributed by atoms with van der Waals surface area (Å²) >= 11 is 0. The van der Waals surface area contributed by atoms with Gasteiger partial charge in [-0.05, 0) is 25.8 Å². The van der Waals surface area contributed by atoms with E-state index in [0.29, 0.717) is 12.6 Å². The molecular formula is C14H25N3O. The molecule has 1 aromatic heterocycles. The van der Waals surface area contributed by atoms with E-state index < -0.39 is 0 Å². The molecule has 1 N–H and O–H groups in total. The van der Waals surface area contributed by atoms with Crippen molar-refractivity contribution in [2.75, 3.05) is 19.7 Å². The Labute approximate surface area is 110 Å². The van der Waals surface area contributed by atoms with Crippen LogP contribution in [0.2, 0.25) is 0 Å². The quantitative estimate of drug-likeness (QED) is 0.836. The topological polar surface area (TPSA) is 41.3 Å². The lowest BCUT2D eigenvalue weighted by Crippen LogP contribution is -2.41. The van der Waals surface area contributed by atoms with Gasteiger partial charge in [0, 0.05) is 44.6 Å². The van der Waals surface area contributed by atoms with Gasteiger partial charge < -0.3 is 9.67 Å². The zero-order valence-corrected chi connectivity index (χ0v) is 11.4. The monoisotopic (exact) mass is 251 g/mol. The number of aromatic nitrogens is 2. The molecule has 4 heteroatoms. The molecule has 4 nitrogen and oxygen atoms in total. The minimum absolute atomic E-state index is 0.312. The van der Waals surface area contributed by atoms with Crippen LogP contribution < -0.4 is 0 Å². The van der Waals surface area contributed by atoms with E-state index in [1.807, 2.05) is 6.20 Å². The van der Waals surface area contributed by atoms with Crippen molar-refractivity contribution in [1.29, 1.82) is 0 Å². The maximum Gasteiger partial charge on any atom is 0.108 e. The van der Waals surface area contributed by atoms with E-state index in [0.717, 1.165) is 25.9 Å². The number of hydrogen-bond donors (Lipinski definition) is 1. The molecule has 1 aliphatic heterocycles. The third-order valence-corrected chi connectivity index (χ3v) is 3.96. The SMILES string of the molecule is CCc1nccn1CCN1CCCC[C@@H]1CCO. The highest BCUT2D eigenvalue weighted by molar-refractivity contribution is 4.92. The summed E-state index contributed by atoms with van der Waals surface area (Å²) in [5.41, 5.74) is 0. The van der Waals surface area contributed by atoms with Crippen molar-refractivity contribution in [3.05, 3.63) is 18.2 Å². The van der Waals surface area contributed by atoms with Gasteiger partial charge in [0.15, 0.2) is 0 Å². The zero-order chi connectivity index (χ0) is 12.8. The molecule has 0 unspecified atom stereocenters. The van der Waals surface area contributed by atoms with E-state index in [1.165, 1.54) is 31.6 Å². The molecule has 0 aliphatic carbocycles. The van der Waals surface area contributed by atoms with E-state index in [2.05, 4.69) is 27.6 Å². The third-order valence-electron chi connectivity index (χ3n) is 3.96. The lowest BCUT2D eigenvalue weighted by molar-refractivity contribution is 0.115. The Morgan fingerprint density at radius 3 is 3.06 bits per heavy atom. The van der Waals surface area contributed by atoms with E-state index in [1.54, 1.807) is 0 Å². The van der Waals surface area contributed by atoms with Crippen molar-refractivity contribution in [2.24, 2.45) is 0 Å². The van der Waals surface area contributed by atoms with Crippen molar-refractivity contribution in [1.82, 2.24) is 14.5 Å². The molecular weight excluding hydrogens is 226 g/mol. The number of aryl methyl sites for hydroxylation is 1. The normalized spacial score (nSPS) is 21.3. The summed E-state index contributed by atoms with van der Waals surface area (Å²) < 4.78 is 2.25. The molecule has 0 bridgehead atoms. The zero-order valence-electron chi connectivity index (χ0n) is 11.4. The summed E-state index contributed by atoms with van der Waals surface area (Å²) in [7, 11) is 0. The lowest BCUT2D eigenvalue weighted by atomic mass is 10.00. The van der Waals surface area contributed by atoms with Crippen LogP contribution in [-0.4, -0.2) is 45.3 Å². The third kappa shape index (κ3) is 3.33. The largest absolute Gasteiger partial charge is 0.396 e. The number of nitrogens with zero attached hydrogens (tertiary/aromatic N) is 3. The molecule has 0 saturated carbocycles. The number of aliphatic hydroxyl groups is 1. The Morgan fingerprint density at radius 2 is 2.28 bits per heavy atom. The van der Waals surface area contributed by atoms with Gasteiger partial charge in [0.1, 0.15) is 5.82 Å². The van der Waals surface area contributed by atoms with Crippen molar-refractivity contribution < 1.29 is 5.11 Å². The minimum atomic E-state index is 0.312. The van der Waals surface area contributed by atoms with Gasteiger partial charge in [0.05, 0.1) is 0 Å². The first-order valence-corrected chi connectivity index (χ1v) is 7.20. The first-order chi connectivity index (χ1) is 8.85. The molecule has 1 fully saturated rings. The molecule has 102 valence electrons. The maximum absolute atomic E-state index is 9.13. The van der Waals surface area contributed by atoms with Crippen molar-refractivity contribution >= 4 is 0 Å². The van der Waals surface area contributed by atoms with Crippen LogP contribution in [0, 0.1) is 0 Å². The summed E-state index contributed by atoms with van der Waals surface area (Å²) in [4.78, 5) is 6.90. The van der Waals surface area contributed by atoms with Crippen LogP contribution >= 0.6 is 0 Å². The van der Waals surface area contributed by atoms with E-state index in [9.17, 15) is 0 Å². The van der Waals surface area contributed by atoms with Gasteiger partial charge in [-0.1, -0.05) is 13.3 Å². The summed E-state index contributed by atoms with van der Waals surface area (Å²) in [6, 6.07) is 0.581. The summed E-state index contributed by atoms with van der Waals surface area (Å²) in [5.74, 6) is 1.17. The Balaban J connectivity index is 1.87. The van der Waals surface area contributed by atoms with Gasteiger partial charge in [-0.25, -0.2) is 4.98 Å². The molecule has 0 aromatic carbocycles. The standard InChI is InChI=1S/C14H25N3O/c1-2-14-15-7-9-17(14)11-10-16-8-4-3-5-13(16)6-12-18/h7,9,13,18H,2-6,8,10-12H2,1H3/t13-/m1/s1. The maximum atomic E-state index is 9.13. The Hall–Kier alpha value is -0.870. The number of likely N-dealkylation sites (tertiary alicyclic amines) is 1. The van der Waals surface area contributed by atoms with Crippen LogP contribution in [0.3, 0.4) is 0 Å². The average molecular weight is 251 g/mol.